The van der Waals surface area contributed by atoms with E-state index in [2.05, 4.69) is 20.8 Å². The summed E-state index contributed by atoms with van der Waals surface area (Å²) in [6, 6.07) is 3.49. The van der Waals surface area contributed by atoms with E-state index in [-0.39, 0.29) is 24.7 Å². The van der Waals surface area contributed by atoms with Crippen LogP contribution in [0.15, 0.2) is 29.0 Å². The van der Waals surface area contributed by atoms with E-state index in [1.165, 1.54) is 15.6 Å². The standard InChI is InChI=1S/C17H19ClN6O3/c1-10-15(18)11(2)24(21-10)9-14(25)20-13-8-23(3)22-16(13)17(26)19-7-12-5-4-6-27-12/h4-6,8H,7,9H2,1-3H3,(H,19,26)(H,20,25). The molecule has 0 aliphatic heterocycles. The molecule has 0 bridgehead atoms. The average molecular weight is 391 g/mol. The third-order valence-electron chi connectivity index (χ3n) is 3.91. The second kappa shape index (κ2) is 7.67. The molecule has 0 aliphatic carbocycles. The molecule has 0 unspecified atom stereocenters. The van der Waals surface area contributed by atoms with E-state index >= 15 is 0 Å². The number of aryl methyl sites for hydroxylation is 2. The molecule has 2 amide bonds. The van der Waals surface area contributed by atoms with E-state index in [9.17, 15) is 9.59 Å². The van der Waals surface area contributed by atoms with E-state index < -0.39 is 5.91 Å². The Morgan fingerprint density at radius 1 is 1.30 bits per heavy atom. The highest BCUT2D eigenvalue weighted by Crippen LogP contribution is 2.19. The summed E-state index contributed by atoms with van der Waals surface area (Å²) < 4.78 is 8.15. The number of nitrogens with zero attached hydrogens (tertiary/aromatic N) is 4. The first-order valence-electron chi connectivity index (χ1n) is 8.18. The van der Waals surface area contributed by atoms with Crippen LogP contribution in [-0.4, -0.2) is 31.4 Å². The SMILES string of the molecule is Cc1nn(CC(=O)Nc2cn(C)nc2C(=O)NCc2ccco2)c(C)c1Cl. The van der Waals surface area contributed by atoms with E-state index in [0.29, 0.717) is 27.9 Å². The van der Waals surface area contributed by atoms with Gasteiger partial charge >= 0.3 is 0 Å². The largest absolute Gasteiger partial charge is 0.467 e. The number of nitrogens with one attached hydrogen (secondary N) is 2. The van der Waals surface area contributed by atoms with E-state index in [4.69, 9.17) is 16.0 Å². The fraction of sp³-hybridized carbons (Fsp3) is 0.294. The van der Waals surface area contributed by atoms with Crippen LogP contribution in [0.4, 0.5) is 5.69 Å². The molecule has 10 heteroatoms. The average Bonchev–Trinajstić information content (AvgIpc) is 3.31. The Kier molecular flexibility index (Phi) is 5.31. The number of aromatic nitrogens is 4. The Bertz CT molecular complexity index is 973. The molecule has 3 rings (SSSR count). The number of furan rings is 1. The molecule has 0 aliphatic rings. The summed E-state index contributed by atoms with van der Waals surface area (Å²) in [5, 5.41) is 14.3. The number of carbonyl (C=O) groups is 2. The van der Waals surface area contributed by atoms with Gasteiger partial charge in [0, 0.05) is 13.2 Å². The molecule has 0 saturated carbocycles. The zero-order chi connectivity index (χ0) is 19.6. The molecule has 2 N–H and O–H groups in total. The van der Waals surface area contributed by atoms with Crippen molar-refractivity contribution in [2.75, 3.05) is 5.32 Å². The fourth-order valence-electron chi connectivity index (χ4n) is 2.57. The lowest BCUT2D eigenvalue weighted by Gasteiger charge is -2.07. The fourth-order valence-corrected chi connectivity index (χ4v) is 2.70. The predicted molar refractivity (Wildman–Crippen MR) is 98.4 cm³/mol. The minimum absolute atomic E-state index is 0.0260. The minimum atomic E-state index is -0.420. The molecule has 0 aromatic carbocycles. The van der Waals surface area contributed by atoms with Crippen LogP contribution in [0.2, 0.25) is 5.02 Å². The number of hydrogen-bond donors (Lipinski definition) is 2. The van der Waals surface area contributed by atoms with Gasteiger partial charge in [0.15, 0.2) is 5.69 Å². The van der Waals surface area contributed by atoms with Crippen molar-refractivity contribution in [3.63, 3.8) is 0 Å². The van der Waals surface area contributed by atoms with Crippen LogP contribution in [-0.2, 0) is 24.9 Å². The minimum Gasteiger partial charge on any atom is -0.467 e. The van der Waals surface area contributed by atoms with Crippen LogP contribution >= 0.6 is 11.6 Å². The predicted octanol–water partition coefficient (Wildman–Crippen LogP) is 2.05. The van der Waals surface area contributed by atoms with Crippen molar-refractivity contribution in [3.8, 4) is 0 Å². The van der Waals surface area contributed by atoms with Crippen molar-refractivity contribution in [1.82, 2.24) is 24.9 Å². The van der Waals surface area contributed by atoms with Crippen LogP contribution < -0.4 is 10.6 Å². The summed E-state index contributed by atoms with van der Waals surface area (Å²) >= 11 is 6.10. The van der Waals surface area contributed by atoms with Gasteiger partial charge < -0.3 is 15.1 Å². The van der Waals surface area contributed by atoms with Crippen molar-refractivity contribution in [2.45, 2.75) is 26.9 Å². The zero-order valence-electron chi connectivity index (χ0n) is 15.1. The maximum absolute atomic E-state index is 12.4. The van der Waals surface area contributed by atoms with Gasteiger partial charge in [-0.1, -0.05) is 11.6 Å². The molecular formula is C17H19ClN6O3. The number of carbonyl (C=O) groups excluding carboxylic acids is 2. The van der Waals surface area contributed by atoms with Crippen molar-refractivity contribution >= 4 is 29.1 Å². The number of rotatable bonds is 6. The molecule has 3 heterocycles. The van der Waals surface area contributed by atoms with E-state index in [1.807, 2.05) is 0 Å². The summed E-state index contributed by atoms with van der Waals surface area (Å²) in [7, 11) is 1.67. The second-order valence-corrected chi connectivity index (χ2v) is 6.40. The van der Waals surface area contributed by atoms with Gasteiger partial charge in [-0.15, -0.1) is 0 Å². The van der Waals surface area contributed by atoms with Crippen molar-refractivity contribution in [1.29, 1.82) is 0 Å². The summed E-state index contributed by atoms with van der Waals surface area (Å²) in [5.41, 5.74) is 1.78. The normalized spacial score (nSPS) is 10.8. The van der Waals surface area contributed by atoms with Gasteiger partial charge in [-0.2, -0.15) is 10.2 Å². The highest BCUT2D eigenvalue weighted by atomic mass is 35.5. The molecule has 3 aromatic rings. The zero-order valence-corrected chi connectivity index (χ0v) is 15.9. The highest BCUT2D eigenvalue weighted by Gasteiger charge is 2.19. The number of hydrogen-bond acceptors (Lipinski definition) is 5. The van der Waals surface area contributed by atoms with Crippen molar-refractivity contribution in [2.24, 2.45) is 7.05 Å². The smallest absolute Gasteiger partial charge is 0.274 e. The van der Waals surface area contributed by atoms with Gasteiger partial charge in [0.05, 0.1) is 34.9 Å². The van der Waals surface area contributed by atoms with Crippen LogP contribution in [0.3, 0.4) is 0 Å². The highest BCUT2D eigenvalue weighted by molar-refractivity contribution is 6.31. The van der Waals surface area contributed by atoms with Crippen molar-refractivity contribution in [3.05, 3.63) is 52.5 Å². The first-order valence-corrected chi connectivity index (χ1v) is 8.56. The Balaban J connectivity index is 1.68. The van der Waals surface area contributed by atoms with E-state index in [0.717, 1.165) is 0 Å². The van der Waals surface area contributed by atoms with Crippen molar-refractivity contribution < 1.29 is 14.0 Å². The van der Waals surface area contributed by atoms with Gasteiger partial charge in [-0.3, -0.25) is 19.0 Å². The second-order valence-electron chi connectivity index (χ2n) is 6.02. The van der Waals surface area contributed by atoms with Crippen LogP contribution in [0.5, 0.6) is 0 Å². The van der Waals surface area contributed by atoms with Crippen LogP contribution in [0, 0.1) is 13.8 Å². The van der Waals surface area contributed by atoms with Gasteiger partial charge in [-0.05, 0) is 26.0 Å². The van der Waals surface area contributed by atoms with Gasteiger partial charge in [0.2, 0.25) is 5.91 Å². The summed E-state index contributed by atoms with van der Waals surface area (Å²) in [5.74, 6) is -0.145. The number of halogens is 1. The summed E-state index contributed by atoms with van der Waals surface area (Å²) in [6.45, 7) is 3.75. The molecular weight excluding hydrogens is 372 g/mol. The molecule has 0 fully saturated rings. The Morgan fingerprint density at radius 3 is 2.70 bits per heavy atom. The topological polar surface area (TPSA) is 107 Å². The summed E-state index contributed by atoms with van der Waals surface area (Å²) in [6.07, 6.45) is 3.09. The lowest BCUT2D eigenvalue weighted by molar-refractivity contribution is -0.116. The molecule has 142 valence electrons. The molecule has 27 heavy (non-hydrogen) atoms. The summed E-state index contributed by atoms with van der Waals surface area (Å²) in [4.78, 5) is 24.8. The first kappa shape index (κ1) is 18.7. The quantitative estimate of drug-likeness (QED) is 0.669. The molecule has 9 nitrogen and oxygen atoms in total. The molecule has 0 saturated heterocycles. The lowest BCUT2D eigenvalue weighted by Crippen LogP contribution is -2.26. The van der Waals surface area contributed by atoms with Gasteiger partial charge in [-0.25, -0.2) is 0 Å². The third-order valence-corrected chi connectivity index (χ3v) is 4.45. The molecule has 3 aromatic heterocycles. The lowest BCUT2D eigenvalue weighted by atomic mass is 10.3. The number of anilines is 1. The Hall–Kier alpha value is -3.07. The number of amides is 2. The Morgan fingerprint density at radius 2 is 2.07 bits per heavy atom. The Labute approximate surface area is 160 Å². The molecule has 0 radical (unpaired) electrons. The molecule has 0 atom stereocenters. The maximum Gasteiger partial charge on any atom is 0.274 e. The maximum atomic E-state index is 12.4. The first-order chi connectivity index (χ1) is 12.8. The third kappa shape index (κ3) is 4.20. The monoisotopic (exact) mass is 390 g/mol. The van der Waals surface area contributed by atoms with Gasteiger partial charge in [0.1, 0.15) is 12.3 Å². The van der Waals surface area contributed by atoms with E-state index in [1.54, 1.807) is 39.2 Å². The van der Waals surface area contributed by atoms with Crippen LogP contribution in [0.1, 0.15) is 27.6 Å². The van der Waals surface area contributed by atoms with Gasteiger partial charge in [0.25, 0.3) is 5.91 Å². The van der Waals surface area contributed by atoms with Crippen LogP contribution in [0.25, 0.3) is 0 Å². The molecule has 0 spiro atoms.